The molecule has 0 spiro atoms. The number of hydrogen-bond acceptors (Lipinski definition) is 2. The molecule has 15 heavy (non-hydrogen) atoms. The summed E-state index contributed by atoms with van der Waals surface area (Å²) in [6.45, 7) is 5.28. The van der Waals surface area contributed by atoms with Crippen LogP contribution in [-0.4, -0.2) is 22.9 Å². The highest BCUT2D eigenvalue weighted by molar-refractivity contribution is 6.16. The topological polar surface area (TPSA) is 78.8 Å². The van der Waals surface area contributed by atoms with Gasteiger partial charge in [0.15, 0.2) is 0 Å². The number of amidine groups is 1. The first-order valence-corrected chi connectivity index (χ1v) is 4.63. The van der Waals surface area contributed by atoms with E-state index in [1.54, 1.807) is 6.08 Å². The fourth-order valence-electron chi connectivity index (χ4n) is 1.17. The molecule has 2 amide bonds. The summed E-state index contributed by atoms with van der Waals surface area (Å²) in [7, 11) is 0. The second-order valence-electron chi connectivity index (χ2n) is 4.01. The van der Waals surface area contributed by atoms with Gasteiger partial charge in [0, 0.05) is 0 Å². The van der Waals surface area contributed by atoms with Crippen molar-refractivity contribution in [1.29, 1.82) is 0 Å². The summed E-state index contributed by atoms with van der Waals surface area (Å²) < 4.78 is 0. The number of carbonyl (C=O) groups excluding carboxylic acids is 2. The van der Waals surface area contributed by atoms with Gasteiger partial charge in [0.05, 0.1) is 0 Å². The van der Waals surface area contributed by atoms with Crippen LogP contribution in [0.2, 0.25) is 0 Å². The van der Waals surface area contributed by atoms with E-state index in [-0.39, 0.29) is 6.42 Å². The number of aliphatic imine (C=N–C) groups is 1. The van der Waals surface area contributed by atoms with Crippen molar-refractivity contribution in [3.8, 4) is 0 Å². The maximum atomic E-state index is 11.5. The predicted octanol–water partition coefficient (Wildman–Crippen LogP) is 0.919. The molecule has 1 heterocycles. The van der Waals surface area contributed by atoms with E-state index >= 15 is 0 Å². The molecule has 1 unspecified atom stereocenters. The first kappa shape index (κ1) is 11.4. The van der Waals surface area contributed by atoms with E-state index in [2.05, 4.69) is 10.3 Å². The van der Waals surface area contributed by atoms with E-state index in [0.29, 0.717) is 0 Å². The average Bonchev–Trinajstić information content (AvgIpc) is 2.11. The highest BCUT2D eigenvalue weighted by atomic mass is 16.3. The highest BCUT2D eigenvalue weighted by Crippen LogP contribution is 2.27. The maximum absolute atomic E-state index is 11.5. The van der Waals surface area contributed by atoms with Crippen molar-refractivity contribution in [3.63, 3.8) is 0 Å². The summed E-state index contributed by atoms with van der Waals surface area (Å²) in [5.41, 5.74) is -0.181. The van der Waals surface area contributed by atoms with Crippen molar-refractivity contribution >= 4 is 17.8 Å². The normalized spacial score (nSPS) is 25.7. The lowest BCUT2D eigenvalue weighted by Gasteiger charge is -2.26. The molecule has 2 N–H and O–H groups in total. The molecule has 82 valence electrons. The molecule has 0 aromatic carbocycles. The minimum atomic E-state index is -1.20. The number of carbonyl (C=O) groups is 2. The van der Waals surface area contributed by atoms with Crippen LogP contribution in [0.25, 0.3) is 0 Å². The summed E-state index contributed by atoms with van der Waals surface area (Å²) in [6, 6.07) is -0.625. The number of amides is 2. The number of nitrogens with zero attached hydrogens (tertiary/aromatic N) is 1. The van der Waals surface area contributed by atoms with Crippen LogP contribution in [0.15, 0.2) is 16.6 Å². The first-order chi connectivity index (χ1) is 6.86. The van der Waals surface area contributed by atoms with E-state index in [0.717, 1.165) is 5.57 Å². The smallest absolute Gasteiger partial charge is 0.296 e. The van der Waals surface area contributed by atoms with Crippen LogP contribution in [0, 0.1) is 5.41 Å². The van der Waals surface area contributed by atoms with E-state index in [1.165, 1.54) is 6.92 Å². The van der Waals surface area contributed by atoms with Gasteiger partial charge in [0.1, 0.15) is 5.41 Å². The molecule has 0 bridgehead atoms. The van der Waals surface area contributed by atoms with Crippen LogP contribution in [-0.2, 0) is 9.59 Å². The zero-order valence-electron chi connectivity index (χ0n) is 9.00. The van der Waals surface area contributed by atoms with Gasteiger partial charge in [-0.05, 0) is 27.2 Å². The molecule has 0 fully saturated rings. The molecule has 1 aliphatic rings. The highest BCUT2D eigenvalue weighted by Gasteiger charge is 2.43. The fourth-order valence-corrected chi connectivity index (χ4v) is 1.17. The summed E-state index contributed by atoms with van der Waals surface area (Å²) in [6.07, 6.45) is 2.09. The SMILES string of the molecule is CC(C)=CCC1(C)C(=O)N=C(O)NC1=O. The average molecular weight is 210 g/mol. The van der Waals surface area contributed by atoms with E-state index in [4.69, 9.17) is 5.11 Å². The van der Waals surface area contributed by atoms with Crippen LogP contribution in [0.3, 0.4) is 0 Å². The molecule has 0 saturated carbocycles. The summed E-state index contributed by atoms with van der Waals surface area (Å²) in [5, 5.41) is 11.1. The molecule has 0 aromatic rings. The summed E-state index contributed by atoms with van der Waals surface area (Å²) in [5.74, 6) is -1.13. The molecule has 0 aromatic heterocycles. The lowest BCUT2D eigenvalue weighted by atomic mass is 9.83. The Morgan fingerprint density at radius 1 is 1.53 bits per heavy atom. The summed E-state index contributed by atoms with van der Waals surface area (Å²) in [4.78, 5) is 26.4. The van der Waals surface area contributed by atoms with Crippen molar-refractivity contribution < 1.29 is 14.7 Å². The first-order valence-electron chi connectivity index (χ1n) is 4.63. The second kappa shape index (κ2) is 3.84. The van der Waals surface area contributed by atoms with Crippen LogP contribution >= 0.6 is 0 Å². The third-order valence-electron chi connectivity index (χ3n) is 2.32. The van der Waals surface area contributed by atoms with Gasteiger partial charge in [-0.2, -0.15) is 4.99 Å². The van der Waals surface area contributed by atoms with Gasteiger partial charge in [-0.3, -0.25) is 14.9 Å². The second-order valence-corrected chi connectivity index (χ2v) is 4.01. The van der Waals surface area contributed by atoms with Gasteiger partial charge in [0.2, 0.25) is 5.91 Å². The number of nitrogens with one attached hydrogen (secondary N) is 1. The molecule has 5 nitrogen and oxygen atoms in total. The predicted molar refractivity (Wildman–Crippen MR) is 55.4 cm³/mol. The van der Waals surface area contributed by atoms with Crippen LogP contribution in [0.1, 0.15) is 27.2 Å². The third kappa shape index (κ3) is 2.23. The van der Waals surface area contributed by atoms with E-state index in [9.17, 15) is 9.59 Å². The molecule has 0 radical (unpaired) electrons. The lowest BCUT2D eigenvalue weighted by molar-refractivity contribution is -0.140. The Morgan fingerprint density at radius 3 is 2.60 bits per heavy atom. The molecule has 1 aliphatic heterocycles. The Kier molecular flexibility index (Phi) is 2.93. The molecule has 1 atom stereocenters. The van der Waals surface area contributed by atoms with Gasteiger partial charge in [-0.1, -0.05) is 11.6 Å². The Bertz CT molecular complexity index is 367. The molecule has 1 rings (SSSR count). The molecular formula is C10H14N2O3. The minimum absolute atomic E-state index is 0.288. The lowest BCUT2D eigenvalue weighted by Crippen LogP contribution is -2.50. The molecule has 5 heteroatoms. The van der Waals surface area contributed by atoms with Crippen LogP contribution in [0.4, 0.5) is 0 Å². The quantitative estimate of drug-likeness (QED) is 0.525. The zero-order valence-corrected chi connectivity index (χ0v) is 9.00. The number of hydrogen-bond donors (Lipinski definition) is 2. The van der Waals surface area contributed by atoms with E-state index < -0.39 is 23.3 Å². The van der Waals surface area contributed by atoms with Crippen molar-refractivity contribution in [1.82, 2.24) is 5.32 Å². The summed E-state index contributed by atoms with van der Waals surface area (Å²) >= 11 is 0. The van der Waals surface area contributed by atoms with Gasteiger partial charge < -0.3 is 5.11 Å². The van der Waals surface area contributed by atoms with Crippen molar-refractivity contribution in [3.05, 3.63) is 11.6 Å². The standard InChI is InChI=1S/C10H14N2O3/c1-6(2)4-5-10(3)7(13)11-9(15)12-8(10)14/h4H,5H2,1-3H3,(H2,11,12,13,14,15). The van der Waals surface area contributed by atoms with Gasteiger partial charge in [-0.25, -0.2) is 0 Å². The van der Waals surface area contributed by atoms with Crippen molar-refractivity contribution in [2.24, 2.45) is 10.4 Å². The van der Waals surface area contributed by atoms with Crippen LogP contribution < -0.4 is 5.32 Å². The Morgan fingerprint density at radius 2 is 2.13 bits per heavy atom. The van der Waals surface area contributed by atoms with Crippen molar-refractivity contribution in [2.45, 2.75) is 27.2 Å². The number of aliphatic hydroxyl groups is 1. The zero-order chi connectivity index (χ0) is 11.6. The van der Waals surface area contributed by atoms with Crippen molar-refractivity contribution in [2.75, 3.05) is 0 Å². The Labute approximate surface area is 87.9 Å². The fraction of sp³-hybridized carbons (Fsp3) is 0.500. The maximum Gasteiger partial charge on any atom is 0.296 e. The third-order valence-corrected chi connectivity index (χ3v) is 2.32. The van der Waals surface area contributed by atoms with Gasteiger partial charge in [0.25, 0.3) is 11.9 Å². The number of aliphatic hydroxyl groups excluding tert-OH is 1. The minimum Gasteiger partial charge on any atom is -0.480 e. The Hall–Kier alpha value is -1.65. The molecule has 0 aliphatic carbocycles. The van der Waals surface area contributed by atoms with Gasteiger partial charge >= 0.3 is 0 Å². The molecular weight excluding hydrogens is 196 g/mol. The van der Waals surface area contributed by atoms with E-state index in [1.807, 2.05) is 13.8 Å². The Balaban J connectivity index is 2.97. The monoisotopic (exact) mass is 210 g/mol. The van der Waals surface area contributed by atoms with Crippen LogP contribution in [0.5, 0.6) is 0 Å². The number of rotatable bonds is 2. The van der Waals surface area contributed by atoms with Gasteiger partial charge in [-0.15, -0.1) is 0 Å². The number of allylic oxidation sites excluding steroid dienone is 2. The molecule has 0 saturated heterocycles. The largest absolute Gasteiger partial charge is 0.480 e.